The Morgan fingerprint density at radius 3 is 2.69 bits per heavy atom. The smallest absolute Gasteiger partial charge is 0.315 e. The molecular formula is C17H24N6O3. The summed E-state index contributed by atoms with van der Waals surface area (Å²) in [4.78, 5) is 25.9. The molecule has 0 bridgehead atoms. The van der Waals surface area contributed by atoms with E-state index < -0.39 is 0 Å². The Morgan fingerprint density at radius 2 is 2.00 bits per heavy atom. The monoisotopic (exact) mass is 360 g/mol. The van der Waals surface area contributed by atoms with E-state index in [0.29, 0.717) is 31.9 Å². The Balaban J connectivity index is 1.49. The van der Waals surface area contributed by atoms with Crippen molar-refractivity contribution in [1.82, 2.24) is 30.5 Å². The molecule has 2 N–H and O–H groups in total. The number of aryl methyl sites for hydroxylation is 1. The van der Waals surface area contributed by atoms with Gasteiger partial charge in [0.25, 0.3) is 0 Å². The number of fused-ring (bicyclic) bond motifs is 1. The van der Waals surface area contributed by atoms with Gasteiger partial charge in [0.2, 0.25) is 5.91 Å². The number of nitrogens with one attached hydrogen (secondary N) is 2. The van der Waals surface area contributed by atoms with Crippen LogP contribution in [0.3, 0.4) is 0 Å². The maximum absolute atomic E-state index is 12.1. The molecule has 3 rings (SSSR count). The third kappa shape index (κ3) is 4.22. The number of carbonyl (C=O) groups excluding carboxylic acids is 2. The predicted octanol–water partition coefficient (Wildman–Crippen LogP) is 1.18. The molecule has 9 nitrogen and oxygen atoms in total. The van der Waals surface area contributed by atoms with Crippen molar-refractivity contribution >= 4 is 11.9 Å². The number of rotatable bonds is 5. The van der Waals surface area contributed by atoms with E-state index in [1.54, 1.807) is 6.07 Å². The number of nitrogens with zero attached hydrogens (tertiary/aromatic N) is 4. The van der Waals surface area contributed by atoms with Crippen LogP contribution in [0.25, 0.3) is 0 Å². The highest BCUT2D eigenvalue weighted by atomic mass is 16.5. The number of carbonyl (C=O) groups is 2. The molecule has 1 aliphatic rings. The summed E-state index contributed by atoms with van der Waals surface area (Å²) in [6.45, 7) is 8.12. The molecule has 0 atom stereocenters. The van der Waals surface area contributed by atoms with Gasteiger partial charge in [0.05, 0.1) is 43.3 Å². The minimum atomic E-state index is -0.304. The standard InChI is InChI=1S/C17H24N6O3/c1-11(2)16(24)22-4-5-23-14(10-22)7-13(20-23)8-18-17(25)19-9-15-6-12(3)21-26-15/h6-7,11H,4-5,8-10H2,1-3H3,(H2,18,19,25). The number of urea groups is 1. The van der Waals surface area contributed by atoms with E-state index in [2.05, 4.69) is 20.9 Å². The van der Waals surface area contributed by atoms with E-state index in [1.807, 2.05) is 36.4 Å². The average Bonchev–Trinajstić information content (AvgIpc) is 3.22. The van der Waals surface area contributed by atoms with E-state index in [-0.39, 0.29) is 24.4 Å². The Hall–Kier alpha value is -2.84. The van der Waals surface area contributed by atoms with Crippen LogP contribution in [-0.4, -0.2) is 38.3 Å². The van der Waals surface area contributed by atoms with E-state index in [4.69, 9.17) is 4.52 Å². The molecule has 2 aromatic heterocycles. The molecule has 0 aromatic carbocycles. The molecule has 0 spiro atoms. The summed E-state index contributed by atoms with van der Waals surface area (Å²) >= 11 is 0. The van der Waals surface area contributed by atoms with Gasteiger partial charge in [0, 0.05) is 18.5 Å². The molecule has 0 unspecified atom stereocenters. The quantitative estimate of drug-likeness (QED) is 0.833. The van der Waals surface area contributed by atoms with Gasteiger partial charge in [-0.25, -0.2) is 4.79 Å². The summed E-state index contributed by atoms with van der Waals surface area (Å²) in [5.74, 6) is 0.742. The summed E-state index contributed by atoms with van der Waals surface area (Å²) < 4.78 is 6.94. The van der Waals surface area contributed by atoms with Crippen molar-refractivity contribution in [3.05, 3.63) is 35.0 Å². The molecule has 3 amide bonds. The Morgan fingerprint density at radius 1 is 1.23 bits per heavy atom. The van der Waals surface area contributed by atoms with Gasteiger partial charge in [-0.3, -0.25) is 9.48 Å². The first-order chi connectivity index (χ1) is 12.4. The van der Waals surface area contributed by atoms with E-state index >= 15 is 0 Å². The minimum absolute atomic E-state index is 0.0116. The summed E-state index contributed by atoms with van der Waals surface area (Å²) in [6, 6.07) is 3.40. The molecule has 0 aliphatic carbocycles. The Bertz CT molecular complexity index is 794. The van der Waals surface area contributed by atoms with E-state index in [1.165, 1.54) is 0 Å². The number of hydrogen-bond acceptors (Lipinski definition) is 5. The first-order valence-corrected chi connectivity index (χ1v) is 8.70. The van der Waals surface area contributed by atoms with Gasteiger partial charge in [-0.1, -0.05) is 19.0 Å². The first-order valence-electron chi connectivity index (χ1n) is 8.70. The molecule has 3 heterocycles. The van der Waals surface area contributed by atoms with Crippen LogP contribution in [0.2, 0.25) is 0 Å². The molecule has 9 heteroatoms. The average molecular weight is 360 g/mol. The van der Waals surface area contributed by atoms with Crippen molar-refractivity contribution in [1.29, 1.82) is 0 Å². The first kappa shape index (κ1) is 18.0. The lowest BCUT2D eigenvalue weighted by Crippen LogP contribution is -2.40. The molecule has 0 saturated carbocycles. The van der Waals surface area contributed by atoms with Crippen LogP contribution in [0.4, 0.5) is 4.79 Å². The van der Waals surface area contributed by atoms with Crippen LogP contribution in [0.5, 0.6) is 0 Å². The fraction of sp³-hybridized carbons (Fsp3) is 0.529. The number of hydrogen-bond donors (Lipinski definition) is 2. The van der Waals surface area contributed by atoms with Gasteiger partial charge in [0.1, 0.15) is 0 Å². The molecule has 0 saturated heterocycles. The fourth-order valence-corrected chi connectivity index (χ4v) is 2.87. The lowest BCUT2D eigenvalue weighted by atomic mass is 10.1. The second-order valence-electron chi connectivity index (χ2n) is 6.74. The van der Waals surface area contributed by atoms with Crippen molar-refractivity contribution in [3.63, 3.8) is 0 Å². The Labute approximate surface area is 151 Å². The lowest BCUT2D eigenvalue weighted by Gasteiger charge is -2.29. The van der Waals surface area contributed by atoms with Gasteiger partial charge in [0.15, 0.2) is 5.76 Å². The minimum Gasteiger partial charge on any atom is -0.359 e. The third-order valence-corrected chi connectivity index (χ3v) is 4.18. The second kappa shape index (κ2) is 7.59. The van der Waals surface area contributed by atoms with Crippen molar-refractivity contribution in [2.24, 2.45) is 5.92 Å². The van der Waals surface area contributed by atoms with E-state index in [9.17, 15) is 9.59 Å². The normalized spacial score (nSPS) is 13.6. The zero-order valence-electron chi connectivity index (χ0n) is 15.3. The highest BCUT2D eigenvalue weighted by Crippen LogP contribution is 2.16. The zero-order chi connectivity index (χ0) is 18.7. The summed E-state index contributed by atoms with van der Waals surface area (Å²) in [6.07, 6.45) is 0. The van der Waals surface area contributed by atoms with Crippen LogP contribution >= 0.6 is 0 Å². The van der Waals surface area contributed by atoms with Gasteiger partial charge in [-0.15, -0.1) is 0 Å². The van der Waals surface area contributed by atoms with Crippen LogP contribution in [0.15, 0.2) is 16.7 Å². The van der Waals surface area contributed by atoms with Crippen LogP contribution in [0, 0.1) is 12.8 Å². The molecule has 0 radical (unpaired) electrons. The van der Waals surface area contributed by atoms with Gasteiger partial charge >= 0.3 is 6.03 Å². The third-order valence-electron chi connectivity index (χ3n) is 4.18. The van der Waals surface area contributed by atoms with Gasteiger partial charge in [-0.05, 0) is 13.0 Å². The van der Waals surface area contributed by atoms with Crippen molar-refractivity contribution in [2.45, 2.75) is 47.0 Å². The highest BCUT2D eigenvalue weighted by Gasteiger charge is 2.23. The zero-order valence-corrected chi connectivity index (χ0v) is 15.3. The molecule has 140 valence electrons. The van der Waals surface area contributed by atoms with Crippen LogP contribution < -0.4 is 10.6 Å². The maximum Gasteiger partial charge on any atom is 0.315 e. The lowest BCUT2D eigenvalue weighted by molar-refractivity contribution is -0.136. The molecule has 26 heavy (non-hydrogen) atoms. The van der Waals surface area contributed by atoms with Crippen molar-refractivity contribution < 1.29 is 14.1 Å². The Kier molecular flexibility index (Phi) is 5.24. The largest absolute Gasteiger partial charge is 0.359 e. The molecular weight excluding hydrogens is 336 g/mol. The van der Waals surface area contributed by atoms with Gasteiger partial charge < -0.3 is 20.1 Å². The summed E-state index contributed by atoms with van der Waals surface area (Å²) in [5, 5.41) is 13.7. The number of aromatic nitrogens is 3. The summed E-state index contributed by atoms with van der Waals surface area (Å²) in [5.41, 5.74) is 2.53. The van der Waals surface area contributed by atoms with Gasteiger partial charge in [-0.2, -0.15) is 5.10 Å². The second-order valence-corrected chi connectivity index (χ2v) is 6.74. The molecule has 0 fully saturated rings. The van der Waals surface area contributed by atoms with Crippen LogP contribution in [0.1, 0.15) is 36.7 Å². The maximum atomic E-state index is 12.1. The predicted molar refractivity (Wildman–Crippen MR) is 92.8 cm³/mol. The van der Waals surface area contributed by atoms with Crippen LogP contribution in [-0.2, 0) is 31.0 Å². The summed E-state index contributed by atoms with van der Waals surface area (Å²) in [7, 11) is 0. The molecule has 1 aliphatic heterocycles. The van der Waals surface area contributed by atoms with Crippen molar-refractivity contribution in [2.75, 3.05) is 6.54 Å². The molecule has 2 aromatic rings. The van der Waals surface area contributed by atoms with Crippen molar-refractivity contribution in [3.8, 4) is 0 Å². The highest BCUT2D eigenvalue weighted by molar-refractivity contribution is 5.78. The fourth-order valence-electron chi connectivity index (χ4n) is 2.87. The van der Waals surface area contributed by atoms with E-state index in [0.717, 1.165) is 17.1 Å². The topological polar surface area (TPSA) is 105 Å². The SMILES string of the molecule is Cc1cc(CNC(=O)NCc2cc3n(n2)CCN(C(=O)C(C)C)C3)on1. The number of amides is 3.